The van der Waals surface area contributed by atoms with Crippen molar-refractivity contribution in [2.24, 2.45) is 11.8 Å². The predicted octanol–water partition coefficient (Wildman–Crippen LogP) is 0.394. The first-order valence-corrected chi connectivity index (χ1v) is 9.87. The number of fused-ring (bicyclic) bond motifs is 1. The Bertz CT molecular complexity index is 912. The molecule has 3 heterocycles. The number of rotatable bonds is 7. The number of nitrogens with one attached hydrogen (secondary N) is 2. The second-order valence-corrected chi connectivity index (χ2v) is 7.66. The molecule has 5 atom stereocenters. The van der Waals surface area contributed by atoms with E-state index in [1.54, 1.807) is 25.3 Å². The Morgan fingerprint density at radius 2 is 2.03 bits per heavy atom. The third kappa shape index (κ3) is 2.90. The van der Waals surface area contributed by atoms with Crippen molar-refractivity contribution in [3.05, 3.63) is 54.6 Å². The van der Waals surface area contributed by atoms with E-state index in [2.05, 4.69) is 17.2 Å². The van der Waals surface area contributed by atoms with Gasteiger partial charge in [0.05, 0.1) is 25.0 Å². The summed E-state index contributed by atoms with van der Waals surface area (Å²) in [6, 6.07) is 6.48. The highest BCUT2D eigenvalue weighted by molar-refractivity contribution is 5.99. The molecule has 8 heteroatoms. The van der Waals surface area contributed by atoms with Gasteiger partial charge in [-0.3, -0.25) is 14.4 Å². The Balaban J connectivity index is 1.59. The number of hydrogen-bond acceptors (Lipinski definition) is 5. The van der Waals surface area contributed by atoms with E-state index in [4.69, 9.17) is 9.47 Å². The van der Waals surface area contributed by atoms with E-state index in [1.165, 1.54) is 11.9 Å². The lowest BCUT2D eigenvalue weighted by Crippen LogP contribution is -2.54. The first-order chi connectivity index (χ1) is 14.5. The largest absolute Gasteiger partial charge is 0.497 e. The molecule has 3 amide bonds. The van der Waals surface area contributed by atoms with Crippen molar-refractivity contribution in [2.45, 2.75) is 24.3 Å². The summed E-state index contributed by atoms with van der Waals surface area (Å²) in [4.78, 5) is 40.4. The number of carbonyl (C=O) groups is 3. The number of amides is 3. The molecule has 2 saturated heterocycles. The van der Waals surface area contributed by atoms with Crippen molar-refractivity contribution in [1.29, 1.82) is 0 Å². The first-order valence-electron chi connectivity index (χ1n) is 9.87. The van der Waals surface area contributed by atoms with Gasteiger partial charge in [-0.1, -0.05) is 30.4 Å². The van der Waals surface area contributed by atoms with Crippen molar-refractivity contribution in [1.82, 2.24) is 15.5 Å². The molecule has 3 aliphatic rings. The van der Waals surface area contributed by atoms with E-state index < -0.39 is 29.6 Å². The summed E-state index contributed by atoms with van der Waals surface area (Å²) in [6.07, 6.45) is 4.62. The molecule has 8 nitrogen and oxygen atoms in total. The molecule has 158 valence electrons. The quantitative estimate of drug-likeness (QED) is 0.633. The lowest BCUT2D eigenvalue weighted by molar-refractivity contribution is -0.141. The lowest BCUT2D eigenvalue weighted by atomic mass is 9.74. The van der Waals surface area contributed by atoms with Gasteiger partial charge in [0.25, 0.3) is 0 Å². The van der Waals surface area contributed by atoms with E-state index >= 15 is 0 Å². The molecule has 1 aromatic rings. The molecule has 0 unspecified atom stereocenters. The number of methoxy groups -OCH3 is 1. The summed E-state index contributed by atoms with van der Waals surface area (Å²) in [6.45, 7) is 4.20. The summed E-state index contributed by atoms with van der Waals surface area (Å²) in [7, 11) is 3.12. The molecule has 0 aliphatic carbocycles. The highest BCUT2D eigenvalue weighted by Gasteiger charge is 2.72. The smallest absolute Gasteiger partial charge is 0.246 e. The Labute approximate surface area is 174 Å². The van der Waals surface area contributed by atoms with Crippen LogP contribution in [-0.4, -0.2) is 61.1 Å². The van der Waals surface area contributed by atoms with Crippen LogP contribution in [-0.2, 0) is 25.7 Å². The first kappa shape index (κ1) is 20.2. The minimum Gasteiger partial charge on any atom is -0.497 e. The molecular formula is C22H25N3O5. The highest BCUT2D eigenvalue weighted by Crippen LogP contribution is 2.54. The molecule has 2 fully saturated rings. The number of nitrogens with zero attached hydrogens (tertiary/aromatic N) is 1. The number of ether oxygens (including phenoxy) is 2. The van der Waals surface area contributed by atoms with Crippen LogP contribution in [0.5, 0.6) is 5.75 Å². The Hall–Kier alpha value is -3.13. The fraction of sp³-hybridized carbons (Fsp3) is 0.409. The van der Waals surface area contributed by atoms with Crippen LogP contribution in [0.25, 0.3) is 0 Å². The lowest BCUT2D eigenvalue weighted by Gasteiger charge is -2.31. The number of carbonyl (C=O) groups excluding carboxylic acids is 3. The number of likely N-dealkylation sites (tertiary alicyclic amines) is 1. The van der Waals surface area contributed by atoms with Crippen LogP contribution in [0.1, 0.15) is 5.56 Å². The maximum Gasteiger partial charge on any atom is 0.246 e. The van der Waals surface area contributed by atoms with Crippen LogP contribution < -0.4 is 15.4 Å². The van der Waals surface area contributed by atoms with Crippen LogP contribution in [0.4, 0.5) is 0 Å². The molecule has 1 spiro atoms. The molecule has 0 radical (unpaired) electrons. The Kier molecular flexibility index (Phi) is 5.11. The van der Waals surface area contributed by atoms with Gasteiger partial charge in [-0.15, -0.1) is 6.58 Å². The zero-order chi connectivity index (χ0) is 21.5. The van der Waals surface area contributed by atoms with Gasteiger partial charge in [-0.2, -0.15) is 0 Å². The monoisotopic (exact) mass is 411 g/mol. The van der Waals surface area contributed by atoms with Crippen LogP contribution >= 0.6 is 0 Å². The van der Waals surface area contributed by atoms with Crippen molar-refractivity contribution in [2.75, 3.05) is 20.7 Å². The molecule has 2 bridgehead atoms. The Morgan fingerprint density at radius 3 is 2.67 bits per heavy atom. The second-order valence-electron chi connectivity index (χ2n) is 7.66. The van der Waals surface area contributed by atoms with Crippen molar-refractivity contribution in [3.63, 3.8) is 0 Å². The van der Waals surface area contributed by atoms with Crippen molar-refractivity contribution >= 4 is 17.7 Å². The van der Waals surface area contributed by atoms with Gasteiger partial charge in [0.15, 0.2) is 0 Å². The van der Waals surface area contributed by atoms with Crippen LogP contribution in [0.15, 0.2) is 49.1 Å². The highest BCUT2D eigenvalue weighted by atomic mass is 16.5. The van der Waals surface area contributed by atoms with Gasteiger partial charge in [-0.25, -0.2) is 0 Å². The third-order valence-corrected chi connectivity index (χ3v) is 6.12. The van der Waals surface area contributed by atoms with E-state index in [0.29, 0.717) is 6.54 Å². The van der Waals surface area contributed by atoms with Gasteiger partial charge < -0.3 is 25.0 Å². The maximum absolute atomic E-state index is 13.3. The van der Waals surface area contributed by atoms with Crippen molar-refractivity contribution < 1.29 is 23.9 Å². The summed E-state index contributed by atoms with van der Waals surface area (Å²) in [5.41, 5.74) is -0.250. The maximum atomic E-state index is 13.3. The summed E-state index contributed by atoms with van der Waals surface area (Å²) in [5.74, 6) is -1.51. The molecule has 0 aromatic heterocycles. The van der Waals surface area contributed by atoms with Gasteiger partial charge in [0.1, 0.15) is 17.4 Å². The molecule has 0 saturated carbocycles. The van der Waals surface area contributed by atoms with Crippen LogP contribution in [0, 0.1) is 11.8 Å². The minimum absolute atomic E-state index is 0.194. The van der Waals surface area contributed by atoms with Gasteiger partial charge in [-0.05, 0) is 17.7 Å². The molecule has 4 rings (SSSR count). The fourth-order valence-corrected chi connectivity index (χ4v) is 4.80. The summed E-state index contributed by atoms with van der Waals surface area (Å²) in [5, 5.41) is 5.53. The molecule has 30 heavy (non-hydrogen) atoms. The molecule has 1 aromatic carbocycles. The average molecular weight is 411 g/mol. The standard InChI is InChI=1S/C22H25N3O5/c1-4-11-25-18(20(27)24-12-13-5-7-14(29-3)8-6-13)22-10-9-15(30-22)16(19(26)23-2)17(22)21(25)28/h4-10,15-18H,1,11-12H2,2-3H3,(H,23,26)(H,24,27)/t15-,16-,17+,18+,22+/m1/s1. The van der Waals surface area contributed by atoms with Gasteiger partial charge >= 0.3 is 0 Å². The predicted molar refractivity (Wildman–Crippen MR) is 108 cm³/mol. The molecule has 3 aliphatic heterocycles. The van der Waals surface area contributed by atoms with Gasteiger partial charge in [0, 0.05) is 20.1 Å². The number of hydrogen-bond donors (Lipinski definition) is 2. The molecule has 2 N–H and O–H groups in total. The second kappa shape index (κ2) is 7.60. The van der Waals surface area contributed by atoms with E-state index in [0.717, 1.165) is 11.3 Å². The third-order valence-electron chi connectivity index (χ3n) is 6.12. The number of benzene rings is 1. The van der Waals surface area contributed by atoms with E-state index in [9.17, 15) is 14.4 Å². The zero-order valence-electron chi connectivity index (χ0n) is 17.0. The topological polar surface area (TPSA) is 97.0 Å². The molecular weight excluding hydrogens is 386 g/mol. The van der Waals surface area contributed by atoms with E-state index in [1.807, 2.05) is 24.3 Å². The minimum atomic E-state index is -1.15. The van der Waals surface area contributed by atoms with Gasteiger partial charge in [0.2, 0.25) is 17.7 Å². The van der Waals surface area contributed by atoms with Crippen LogP contribution in [0.2, 0.25) is 0 Å². The summed E-state index contributed by atoms with van der Waals surface area (Å²) >= 11 is 0. The zero-order valence-corrected chi connectivity index (χ0v) is 17.0. The summed E-state index contributed by atoms with van der Waals surface area (Å²) < 4.78 is 11.3. The van der Waals surface area contributed by atoms with Crippen LogP contribution in [0.3, 0.4) is 0 Å². The van der Waals surface area contributed by atoms with E-state index in [-0.39, 0.29) is 24.3 Å². The van der Waals surface area contributed by atoms with Crippen molar-refractivity contribution in [3.8, 4) is 5.75 Å². The normalized spacial score (nSPS) is 30.9. The average Bonchev–Trinajstić information content (AvgIpc) is 3.40. The Morgan fingerprint density at radius 1 is 1.30 bits per heavy atom. The SMILES string of the molecule is C=CCN1C(=O)[C@@H]2[C@H](C(=O)NC)[C@H]3C=C[C@@]2(O3)[C@@H]1C(=O)NCc1ccc(OC)cc1. The fourth-order valence-electron chi connectivity index (χ4n) is 4.80.